The summed E-state index contributed by atoms with van der Waals surface area (Å²) in [6.45, 7) is 0.412. The zero-order valence-electron chi connectivity index (χ0n) is 9.93. The monoisotopic (exact) mass is 254 g/mol. The number of nitro benzene ring substituents is 1. The second-order valence-corrected chi connectivity index (χ2v) is 4.08. The van der Waals surface area contributed by atoms with Gasteiger partial charge in [-0.05, 0) is 12.1 Å². The van der Waals surface area contributed by atoms with Crippen LogP contribution in [-0.4, -0.2) is 19.5 Å². The largest absolute Gasteiger partial charge is 0.334 e. The van der Waals surface area contributed by atoms with Crippen molar-refractivity contribution in [1.29, 1.82) is 0 Å². The highest BCUT2D eigenvalue weighted by molar-refractivity contribution is 5.88. The van der Waals surface area contributed by atoms with Gasteiger partial charge in [-0.1, -0.05) is 12.1 Å². The molecule has 0 bridgehead atoms. The van der Waals surface area contributed by atoms with E-state index in [1.807, 2.05) is 18.3 Å². The number of nitrogens with zero attached hydrogens (tertiary/aromatic N) is 4. The maximum Gasteiger partial charge on any atom is 0.293 e. The molecule has 1 aromatic carbocycles. The Bertz CT molecular complexity index is 737. The molecule has 94 valence electrons. The Kier molecular flexibility index (Phi) is 2.68. The van der Waals surface area contributed by atoms with Crippen LogP contribution < -0.4 is 0 Å². The van der Waals surface area contributed by atoms with Crippen LogP contribution in [0.1, 0.15) is 5.82 Å². The molecule has 19 heavy (non-hydrogen) atoms. The van der Waals surface area contributed by atoms with E-state index in [0.29, 0.717) is 17.9 Å². The summed E-state index contributed by atoms with van der Waals surface area (Å²) in [6.07, 6.45) is 5.12. The van der Waals surface area contributed by atoms with Gasteiger partial charge in [0.05, 0.1) is 11.5 Å². The van der Waals surface area contributed by atoms with Crippen LogP contribution in [-0.2, 0) is 6.54 Å². The van der Waals surface area contributed by atoms with Gasteiger partial charge in [0.1, 0.15) is 11.3 Å². The van der Waals surface area contributed by atoms with Crippen LogP contribution >= 0.6 is 0 Å². The molecule has 6 heteroatoms. The lowest BCUT2D eigenvalue weighted by molar-refractivity contribution is -0.383. The second-order valence-electron chi connectivity index (χ2n) is 4.08. The van der Waals surface area contributed by atoms with Gasteiger partial charge in [0.25, 0.3) is 5.69 Å². The fraction of sp³-hybridized carbons (Fsp3) is 0.0769. The molecule has 0 saturated carbocycles. The number of benzene rings is 1. The minimum absolute atomic E-state index is 0.0958. The average Bonchev–Trinajstić information content (AvgIpc) is 2.83. The van der Waals surface area contributed by atoms with Crippen molar-refractivity contribution in [2.45, 2.75) is 6.54 Å². The third-order valence-corrected chi connectivity index (χ3v) is 2.89. The fourth-order valence-electron chi connectivity index (χ4n) is 2.08. The molecular weight excluding hydrogens is 244 g/mol. The summed E-state index contributed by atoms with van der Waals surface area (Å²) in [5.74, 6) is 0.623. The highest BCUT2D eigenvalue weighted by Gasteiger charge is 2.15. The first-order valence-electron chi connectivity index (χ1n) is 5.74. The molecule has 0 radical (unpaired) electrons. The number of fused-ring (bicyclic) bond motifs is 1. The first-order valence-corrected chi connectivity index (χ1v) is 5.74. The smallest absolute Gasteiger partial charge is 0.293 e. The molecule has 0 fully saturated rings. The van der Waals surface area contributed by atoms with E-state index < -0.39 is 0 Å². The Morgan fingerprint density at radius 1 is 1.16 bits per heavy atom. The normalized spacial score (nSPS) is 10.7. The minimum atomic E-state index is -0.370. The van der Waals surface area contributed by atoms with Crippen molar-refractivity contribution in [2.24, 2.45) is 0 Å². The molecule has 0 N–H and O–H groups in total. The second kappa shape index (κ2) is 4.49. The van der Waals surface area contributed by atoms with Crippen LogP contribution in [0.3, 0.4) is 0 Å². The zero-order valence-corrected chi connectivity index (χ0v) is 9.93. The van der Waals surface area contributed by atoms with Crippen molar-refractivity contribution in [3.63, 3.8) is 0 Å². The number of para-hydroxylation sites is 1. The van der Waals surface area contributed by atoms with Crippen LogP contribution in [0.2, 0.25) is 0 Å². The van der Waals surface area contributed by atoms with E-state index in [4.69, 9.17) is 0 Å². The summed E-state index contributed by atoms with van der Waals surface area (Å²) in [5, 5.41) is 11.9. The Hall–Kier alpha value is -2.76. The molecule has 0 aliphatic rings. The highest BCUT2D eigenvalue weighted by Crippen LogP contribution is 2.26. The number of aromatic nitrogens is 3. The molecule has 3 aromatic rings. The number of hydrogen-bond acceptors (Lipinski definition) is 4. The lowest BCUT2D eigenvalue weighted by atomic mass is 10.2. The van der Waals surface area contributed by atoms with Crippen LogP contribution in [0, 0.1) is 10.1 Å². The Labute approximate surface area is 108 Å². The van der Waals surface area contributed by atoms with Crippen LogP contribution in [0.4, 0.5) is 5.69 Å². The van der Waals surface area contributed by atoms with Crippen LogP contribution in [0.25, 0.3) is 10.9 Å². The van der Waals surface area contributed by atoms with Gasteiger partial charge in [0, 0.05) is 30.0 Å². The summed E-state index contributed by atoms with van der Waals surface area (Å²) >= 11 is 0. The van der Waals surface area contributed by atoms with Crippen LogP contribution in [0.5, 0.6) is 0 Å². The van der Waals surface area contributed by atoms with Crippen molar-refractivity contribution < 1.29 is 4.92 Å². The summed E-state index contributed by atoms with van der Waals surface area (Å²) in [6, 6.07) is 8.63. The third-order valence-electron chi connectivity index (χ3n) is 2.89. The molecule has 3 rings (SSSR count). The van der Waals surface area contributed by atoms with Gasteiger partial charge in [0.2, 0.25) is 0 Å². The van der Waals surface area contributed by atoms with E-state index >= 15 is 0 Å². The van der Waals surface area contributed by atoms with Crippen molar-refractivity contribution in [3.8, 4) is 0 Å². The number of hydrogen-bond donors (Lipinski definition) is 0. The van der Waals surface area contributed by atoms with Crippen molar-refractivity contribution in [2.75, 3.05) is 0 Å². The average molecular weight is 254 g/mol. The fourth-order valence-corrected chi connectivity index (χ4v) is 2.08. The van der Waals surface area contributed by atoms with Crippen molar-refractivity contribution >= 4 is 16.6 Å². The molecule has 0 atom stereocenters. The Balaban J connectivity index is 2.12. The maximum absolute atomic E-state index is 11.1. The molecule has 0 spiro atoms. The predicted octanol–water partition coefficient (Wildman–Crippen LogP) is 2.39. The first kappa shape index (κ1) is 11.3. The summed E-state index contributed by atoms with van der Waals surface area (Å²) < 4.78 is 1.79. The van der Waals surface area contributed by atoms with Gasteiger partial charge < -0.3 is 4.57 Å². The summed E-state index contributed by atoms with van der Waals surface area (Å²) in [4.78, 5) is 19.0. The highest BCUT2D eigenvalue weighted by atomic mass is 16.6. The van der Waals surface area contributed by atoms with Gasteiger partial charge in [-0.15, -0.1) is 0 Å². The quantitative estimate of drug-likeness (QED) is 0.531. The third kappa shape index (κ3) is 2.03. The van der Waals surface area contributed by atoms with Gasteiger partial charge in [-0.3, -0.25) is 10.1 Å². The van der Waals surface area contributed by atoms with E-state index in [9.17, 15) is 10.1 Å². The molecule has 2 aromatic heterocycles. The maximum atomic E-state index is 11.1. The van der Waals surface area contributed by atoms with Gasteiger partial charge >= 0.3 is 0 Å². The molecule has 0 aliphatic heterocycles. The molecule has 6 nitrogen and oxygen atoms in total. The summed E-state index contributed by atoms with van der Waals surface area (Å²) in [7, 11) is 0. The molecule has 2 heterocycles. The van der Waals surface area contributed by atoms with E-state index in [-0.39, 0.29) is 10.6 Å². The zero-order chi connectivity index (χ0) is 13.2. The van der Waals surface area contributed by atoms with E-state index in [1.165, 1.54) is 6.07 Å². The molecular formula is C13H10N4O2. The van der Waals surface area contributed by atoms with Crippen molar-refractivity contribution in [3.05, 3.63) is 64.9 Å². The molecule has 0 amide bonds. The van der Waals surface area contributed by atoms with E-state index in [0.717, 1.165) is 5.39 Å². The van der Waals surface area contributed by atoms with Crippen LogP contribution in [0.15, 0.2) is 48.9 Å². The van der Waals surface area contributed by atoms with Gasteiger partial charge in [-0.25, -0.2) is 9.97 Å². The number of rotatable bonds is 3. The Morgan fingerprint density at radius 3 is 2.68 bits per heavy atom. The SMILES string of the molecule is O=[N+]([O-])c1cccc2ccn(Cc3ncccn3)c12. The van der Waals surface area contributed by atoms with Gasteiger partial charge in [-0.2, -0.15) is 0 Å². The van der Waals surface area contributed by atoms with E-state index in [1.54, 1.807) is 29.1 Å². The first-order chi connectivity index (χ1) is 9.25. The number of nitro groups is 1. The summed E-state index contributed by atoms with van der Waals surface area (Å²) in [5.41, 5.74) is 0.693. The molecule has 0 unspecified atom stereocenters. The number of non-ortho nitro benzene ring substituents is 1. The molecule has 0 aliphatic carbocycles. The minimum Gasteiger partial charge on any atom is -0.334 e. The van der Waals surface area contributed by atoms with Crippen molar-refractivity contribution in [1.82, 2.24) is 14.5 Å². The lowest BCUT2D eigenvalue weighted by Crippen LogP contribution is -2.03. The molecule has 0 saturated heterocycles. The predicted molar refractivity (Wildman–Crippen MR) is 69.7 cm³/mol. The Morgan fingerprint density at radius 2 is 1.95 bits per heavy atom. The van der Waals surface area contributed by atoms with E-state index in [2.05, 4.69) is 9.97 Å². The standard InChI is InChI=1S/C13H10N4O2/c18-17(19)11-4-1-3-10-5-8-16(13(10)11)9-12-14-6-2-7-15-12/h1-8H,9H2. The topological polar surface area (TPSA) is 73.8 Å². The lowest BCUT2D eigenvalue weighted by Gasteiger charge is -2.04. The van der Waals surface area contributed by atoms with Gasteiger partial charge in [0.15, 0.2) is 0 Å².